The van der Waals surface area contributed by atoms with Gasteiger partial charge in [-0.3, -0.25) is 9.59 Å². The summed E-state index contributed by atoms with van der Waals surface area (Å²) in [4.78, 5) is 23.5. The second kappa shape index (κ2) is 15.2. The number of esters is 2. The van der Waals surface area contributed by atoms with Crippen molar-refractivity contribution in [2.75, 3.05) is 13.7 Å². The number of carbonyl (C=O) groups excluding carboxylic acids is 2. The molecule has 0 radical (unpaired) electrons. The molecule has 0 unspecified atom stereocenters. The van der Waals surface area contributed by atoms with Gasteiger partial charge >= 0.3 is 11.9 Å². The maximum absolute atomic E-state index is 11.8. The van der Waals surface area contributed by atoms with Crippen LogP contribution < -0.4 is 4.74 Å². The van der Waals surface area contributed by atoms with Crippen molar-refractivity contribution in [1.29, 1.82) is 0 Å². The van der Waals surface area contributed by atoms with Crippen molar-refractivity contribution in [3.8, 4) is 5.75 Å². The molecule has 0 saturated heterocycles. The molecule has 1 aromatic rings. The summed E-state index contributed by atoms with van der Waals surface area (Å²) in [6.45, 7) is 2.71. The van der Waals surface area contributed by atoms with E-state index in [2.05, 4.69) is 6.92 Å². The predicted octanol–water partition coefficient (Wildman–Crippen LogP) is 5.86. The van der Waals surface area contributed by atoms with E-state index < -0.39 is 5.97 Å². The molecule has 0 heterocycles. The minimum Gasteiger partial charge on any atom is -0.496 e. The SMILES string of the molecule is CCCCCCCCCCOC(=O)CCC(=O)OCc1ccc(Cl)cc1OC. The van der Waals surface area contributed by atoms with Gasteiger partial charge in [0.05, 0.1) is 26.6 Å². The first kappa shape index (κ1) is 24.3. The first-order valence-electron chi connectivity index (χ1n) is 10.2. The smallest absolute Gasteiger partial charge is 0.306 e. The second-order valence-corrected chi connectivity index (χ2v) is 7.25. The van der Waals surface area contributed by atoms with Crippen molar-refractivity contribution in [3.05, 3.63) is 28.8 Å². The van der Waals surface area contributed by atoms with Crippen LogP contribution in [0.4, 0.5) is 0 Å². The number of ether oxygens (including phenoxy) is 3. The normalized spacial score (nSPS) is 10.5. The Morgan fingerprint density at radius 3 is 2.14 bits per heavy atom. The summed E-state index contributed by atoms with van der Waals surface area (Å²) in [5, 5.41) is 0.547. The molecule has 0 N–H and O–H groups in total. The van der Waals surface area contributed by atoms with Crippen molar-refractivity contribution in [2.45, 2.75) is 77.7 Å². The van der Waals surface area contributed by atoms with Gasteiger partial charge in [-0.25, -0.2) is 0 Å². The molecule has 0 aliphatic rings. The molecule has 1 rings (SSSR count). The zero-order chi connectivity index (χ0) is 20.6. The molecule has 0 saturated carbocycles. The van der Waals surface area contributed by atoms with Gasteiger partial charge in [-0.05, 0) is 18.6 Å². The van der Waals surface area contributed by atoms with Gasteiger partial charge in [-0.1, -0.05) is 69.5 Å². The molecule has 158 valence electrons. The Morgan fingerprint density at radius 1 is 0.893 bits per heavy atom. The van der Waals surface area contributed by atoms with Crippen LogP contribution in [0.5, 0.6) is 5.75 Å². The molecule has 0 bridgehead atoms. The monoisotopic (exact) mass is 412 g/mol. The Bertz CT molecular complexity index is 588. The third-order valence-corrected chi connectivity index (χ3v) is 4.67. The molecule has 6 heteroatoms. The number of methoxy groups -OCH3 is 1. The average Bonchev–Trinajstić information content (AvgIpc) is 2.69. The van der Waals surface area contributed by atoms with E-state index in [0.29, 0.717) is 17.4 Å². The summed E-state index contributed by atoms with van der Waals surface area (Å²) in [6, 6.07) is 5.11. The Balaban J connectivity index is 2.08. The first-order chi connectivity index (χ1) is 13.6. The van der Waals surface area contributed by atoms with Crippen LogP contribution in [0.3, 0.4) is 0 Å². The molecule has 5 nitrogen and oxygen atoms in total. The molecule has 0 atom stereocenters. The van der Waals surface area contributed by atoms with Crippen LogP contribution in [0.2, 0.25) is 5.02 Å². The summed E-state index contributed by atoms with van der Waals surface area (Å²) in [5.41, 5.74) is 0.720. The van der Waals surface area contributed by atoms with E-state index >= 15 is 0 Å². The van der Waals surface area contributed by atoms with Crippen molar-refractivity contribution in [1.82, 2.24) is 0 Å². The summed E-state index contributed by atoms with van der Waals surface area (Å²) in [6.07, 6.45) is 9.60. The highest BCUT2D eigenvalue weighted by Crippen LogP contribution is 2.23. The highest BCUT2D eigenvalue weighted by molar-refractivity contribution is 6.30. The lowest BCUT2D eigenvalue weighted by Gasteiger charge is -2.10. The molecule has 0 spiro atoms. The highest BCUT2D eigenvalue weighted by Gasteiger charge is 2.11. The number of unbranched alkanes of at least 4 members (excludes halogenated alkanes) is 7. The third kappa shape index (κ3) is 11.2. The molecular weight excluding hydrogens is 380 g/mol. The van der Waals surface area contributed by atoms with E-state index in [-0.39, 0.29) is 25.4 Å². The fourth-order valence-electron chi connectivity index (χ4n) is 2.77. The van der Waals surface area contributed by atoms with Crippen molar-refractivity contribution in [2.24, 2.45) is 0 Å². The summed E-state index contributed by atoms with van der Waals surface area (Å²) in [7, 11) is 1.53. The minimum atomic E-state index is -0.443. The van der Waals surface area contributed by atoms with Crippen LogP contribution in [-0.4, -0.2) is 25.7 Å². The molecular formula is C22H33ClO5. The van der Waals surface area contributed by atoms with Crippen molar-refractivity contribution in [3.63, 3.8) is 0 Å². The van der Waals surface area contributed by atoms with E-state index in [1.54, 1.807) is 18.2 Å². The van der Waals surface area contributed by atoms with Crippen LogP contribution in [0.15, 0.2) is 18.2 Å². The molecule has 0 fully saturated rings. The number of benzene rings is 1. The lowest BCUT2D eigenvalue weighted by atomic mass is 10.1. The highest BCUT2D eigenvalue weighted by atomic mass is 35.5. The summed E-state index contributed by atoms with van der Waals surface area (Å²) >= 11 is 5.90. The zero-order valence-corrected chi connectivity index (χ0v) is 17.9. The van der Waals surface area contributed by atoms with E-state index in [4.69, 9.17) is 25.8 Å². The molecule has 0 aliphatic heterocycles. The Kier molecular flexibility index (Phi) is 13.2. The lowest BCUT2D eigenvalue weighted by Crippen LogP contribution is -2.11. The van der Waals surface area contributed by atoms with Crippen molar-refractivity contribution >= 4 is 23.5 Å². The Hall–Kier alpha value is -1.75. The van der Waals surface area contributed by atoms with Gasteiger partial charge in [0.15, 0.2) is 0 Å². The van der Waals surface area contributed by atoms with Crippen LogP contribution in [0.25, 0.3) is 0 Å². The van der Waals surface area contributed by atoms with Crippen molar-refractivity contribution < 1.29 is 23.8 Å². The number of carbonyl (C=O) groups is 2. The fraction of sp³-hybridized carbons (Fsp3) is 0.636. The topological polar surface area (TPSA) is 61.8 Å². The zero-order valence-electron chi connectivity index (χ0n) is 17.1. The largest absolute Gasteiger partial charge is 0.496 e. The van der Waals surface area contributed by atoms with E-state index in [0.717, 1.165) is 18.4 Å². The molecule has 0 aliphatic carbocycles. The number of hydrogen-bond donors (Lipinski definition) is 0. The van der Waals surface area contributed by atoms with E-state index in [1.807, 2.05) is 0 Å². The summed E-state index contributed by atoms with van der Waals surface area (Å²) < 4.78 is 15.6. The summed E-state index contributed by atoms with van der Waals surface area (Å²) in [5.74, 6) is -0.241. The Labute approximate surface area is 173 Å². The van der Waals surface area contributed by atoms with Crippen LogP contribution >= 0.6 is 11.6 Å². The molecule has 1 aromatic carbocycles. The van der Waals surface area contributed by atoms with Gasteiger partial charge in [0.25, 0.3) is 0 Å². The second-order valence-electron chi connectivity index (χ2n) is 6.81. The van der Waals surface area contributed by atoms with E-state index in [9.17, 15) is 9.59 Å². The van der Waals surface area contributed by atoms with Gasteiger partial charge in [-0.2, -0.15) is 0 Å². The standard InChI is InChI=1S/C22H33ClO5/c1-3-4-5-6-7-8-9-10-15-27-21(24)13-14-22(25)28-17-18-11-12-19(23)16-20(18)26-2/h11-12,16H,3-10,13-15,17H2,1-2H3. The molecule has 0 amide bonds. The Morgan fingerprint density at radius 2 is 1.50 bits per heavy atom. The van der Waals surface area contributed by atoms with Gasteiger partial charge < -0.3 is 14.2 Å². The number of rotatable bonds is 15. The van der Waals surface area contributed by atoms with Gasteiger partial charge in [0.1, 0.15) is 12.4 Å². The number of halogens is 1. The van der Waals surface area contributed by atoms with Crippen LogP contribution in [-0.2, 0) is 25.7 Å². The number of hydrogen-bond acceptors (Lipinski definition) is 5. The predicted molar refractivity (Wildman–Crippen MR) is 111 cm³/mol. The average molecular weight is 413 g/mol. The van der Waals surface area contributed by atoms with Crippen LogP contribution in [0, 0.1) is 0 Å². The lowest BCUT2D eigenvalue weighted by molar-refractivity contribution is -0.151. The maximum atomic E-state index is 11.8. The molecule has 0 aromatic heterocycles. The van der Waals surface area contributed by atoms with Gasteiger partial charge in [-0.15, -0.1) is 0 Å². The van der Waals surface area contributed by atoms with Gasteiger partial charge in [0, 0.05) is 10.6 Å². The van der Waals surface area contributed by atoms with E-state index in [1.165, 1.54) is 45.6 Å². The first-order valence-corrected chi connectivity index (χ1v) is 10.6. The fourth-order valence-corrected chi connectivity index (χ4v) is 2.93. The van der Waals surface area contributed by atoms with Gasteiger partial charge in [0.2, 0.25) is 0 Å². The molecule has 28 heavy (non-hydrogen) atoms. The maximum Gasteiger partial charge on any atom is 0.306 e. The quantitative estimate of drug-likeness (QED) is 0.267. The minimum absolute atomic E-state index is 0.00612. The third-order valence-electron chi connectivity index (χ3n) is 4.43. The van der Waals surface area contributed by atoms with Crippen LogP contribution in [0.1, 0.15) is 76.7 Å².